The number of benzene rings is 2. The van der Waals surface area contributed by atoms with Gasteiger partial charge in [0.2, 0.25) is 11.8 Å². The number of rotatable bonds is 4. The highest BCUT2D eigenvalue weighted by molar-refractivity contribution is 6.01. The largest absolute Gasteiger partial charge is 0.495 e. The Morgan fingerprint density at radius 2 is 2.04 bits per heavy atom. The molecule has 1 fully saturated rings. The molecule has 2 aromatic rings. The number of fused-ring (bicyclic) bond motifs is 1. The molecule has 2 aliphatic rings. The molecule has 0 saturated carbocycles. The van der Waals surface area contributed by atoms with E-state index in [1.165, 1.54) is 11.1 Å². The van der Waals surface area contributed by atoms with Crippen molar-refractivity contribution in [3.63, 3.8) is 0 Å². The number of nitrogens with zero attached hydrogens (tertiary/aromatic N) is 1. The molecular formula is C23H26N2O3. The van der Waals surface area contributed by atoms with E-state index >= 15 is 0 Å². The molecule has 1 saturated heterocycles. The minimum atomic E-state index is -0.341. The van der Waals surface area contributed by atoms with Gasteiger partial charge in [0.15, 0.2) is 0 Å². The van der Waals surface area contributed by atoms with E-state index < -0.39 is 0 Å². The van der Waals surface area contributed by atoms with Crippen molar-refractivity contribution in [3.05, 3.63) is 59.2 Å². The maximum absolute atomic E-state index is 12.9. The number of hydrogen-bond donors (Lipinski definition) is 1. The molecule has 0 unspecified atom stereocenters. The fourth-order valence-electron chi connectivity index (χ4n) is 4.32. The first-order valence-electron chi connectivity index (χ1n) is 9.90. The highest BCUT2D eigenvalue weighted by atomic mass is 16.5. The fourth-order valence-corrected chi connectivity index (χ4v) is 4.32. The fraction of sp³-hybridized carbons (Fsp3) is 0.391. The van der Waals surface area contributed by atoms with Gasteiger partial charge in [0.25, 0.3) is 0 Å². The van der Waals surface area contributed by atoms with Gasteiger partial charge in [-0.1, -0.05) is 30.3 Å². The molecule has 0 aromatic heterocycles. The first-order valence-corrected chi connectivity index (χ1v) is 9.90. The third kappa shape index (κ3) is 3.49. The number of ether oxygens (including phenoxy) is 1. The van der Waals surface area contributed by atoms with Gasteiger partial charge in [0.1, 0.15) is 5.75 Å². The van der Waals surface area contributed by atoms with Crippen LogP contribution >= 0.6 is 0 Å². The van der Waals surface area contributed by atoms with E-state index in [-0.39, 0.29) is 30.2 Å². The van der Waals surface area contributed by atoms with E-state index in [2.05, 4.69) is 17.4 Å². The van der Waals surface area contributed by atoms with Crippen LogP contribution < -0.4 is 15.0 Å². The summed E-state index contributed by atoms with van der Waals surface area (Å²) < 4.78 is 5.42. The van der Waals surface area contributed by atoms with E-state index in [4.69, 9.17) is 4.74 Å². The average Bonchev–Trinajstić information content (AvgIpc) is 3.10. The zero-order chi connectivity index (χ0) is 19.7. The number of anilines is 1. The Morgan fingerprint density at radius 3 is 2.86 bits per heavy atom. The monoisotopic (exact) mass is 378 g/mol. The van der Waals surface area contributed by atoms with E-state index in [0.29, 0.717) is 12.3 Å². The molecule has 1 N–H and O–H groups in total. The molecule has 28 heavy (non-hydrogen) atoms. The van der Waals surface area contributed by atoms with Crippen LogP contribution in [0.5, 0.6) is 5.75 Å². The van der Waals surface area contributed by atoms with Crippen molar-refractivity contribution in [1.29, 1.82) is 0 Å². The summed E-state index contributed by atoms with van der Waals surface area (Å²) in [6.07, 6.45) is 3.31. The van der Waals surface area contributed by atoms with Gasteiger partial charge in [-0.3, -0.25) is 9.59 Å². The lowest BCUT2D eigenvalue weighted by molar-refractivity contribution is -0.127. The van der Waals surface area contributed by atoms with Gasteiger partial charge in [0, 0.05) is 13.0 Å². The van der Waals surface area contributed by atoms with Crippen molar-refractivity contribution in [2.45, 2.75) is 38.6 Å². The lowest BCUT2D eigenvalue weighted by atomic mass is 9.87. The van der Waals surface area contributed by atoms with Crippen molar-refractivity contribution in [2.75, 3.05) is 18.6 Å². The van der Waals surface area contributed by atoms with Gasteiger partial charge in [-0.25, -0.2) is 0 Å². The second kappa shape index (κ2) is 7.66. The third-order valence-corrected chi connectivity index (χ3v) is 5.81. The molecule has 0 radical (unpaired) electrons. The number of carbonyl (C=O) groups excluding carboxylic acids is 2. The standard InChI is InChI=1S/C23H26N2O3/c1-15-10-11-21(28-2)20(12-15)25-14-17(13-22(25)26)23(27)24-19-9-5-7-16-6-3-4-8-18(16)19/h3-4,6,8,10-12,17,19H,5,7,9,13-14H2,1-2H3,(H,24,27)/t17-,19+/m1/s1. The molecule has 146 valence electrons. The second-order valence-electron chi connectivity index (χ2n) is 7.73. The van der Waals surface area contributed by atoms with Crippen molar-refractivity contribution >= 4 is 17.5 Å². The summed E-state index contributed by atoms with van der Waals surface area (Å²) in [5.74, 6) is 0.241. The Kier molecular flexibility index (Phi) is 5.07. The number of amides is 2. The summed E-state index contributed by atoms with van der Waals surface area (Å²) in [6, 6.07) is 14.1. The number of nitrogens with one attached hydrogen (secondary N) is 1. The van der Waals surface area contributed by atoms with E-state index in [9.17, 15) is 9.59 Å². The van der Waals surface area contributed by atoms with Crippen molar-refractivity contribution in [2.24, 2.45) is 5.92 Å². The molecule has 1 aliphatic carbocycles. The van der Waals surface area contributed by atoms with Crippen LogP contribution in [0.1, 0.15) is 42.0 Å². The van der Waals surface area contributed by atoms with E-state index in [1.54, 1.807) is 12.0 Å². The Hall–Kier alpha value is -2.82. The smallest absolute Gasteiger partial charge is 0.227 e. The van der Waals surface area contributed by atoms with Crippen LogP contribution in [0.3, 0.4) is 0 Å². The second-order valence-corrected chi connectivity index (χ2v) is 7.73. The lowest BCUT2D eigenvalue weighted by Crippen LogP contribution is -2.36. The zero-order valence-electron chi connectivity index (χ0n) is 16.4. The summed E-state index contributed by atoms with van der Waals surface area (Å²) >= 11 is 0. The van der Waals surface area contributed by atoms with Gasteiger partial charge >= 0.3 is 0 Å². The minimum Gasteiger partial charge on any atom is -0.495 e. The molecule has 2 atom stereocenters. The van der Waals surface area contributed by atoms with E-state index in [0.717, 1.165) is 30.5 Å². The highest BCUT2D eigenvalue weighted by Gasteiger charge is 2.37. The van der Waals surface area contributed by atoms with Gasteiger partial charge < -0.3 is 15.0 Å². The van der Waals surface area contributed by atoms with Gasteiger partial charge in [-0.2, -0.15) is 0 Å². The molecule has 4 rings (SSSR count). The molecule has 1 heterocycles. The van der Waals surface area contributed by atoms with Crippen LogP contribution in [0.15, 0.2) is 42.5 Å². The summed E-state index contributed by atoms with van der Waals surface area (Å²) in [7, 11) is 1.60. The van der Waals surface area contributed by atoms with Gasteiger partial charge in [-0.15, -0.1) is 0 Å². The maximum atomic E-state index is 12.9. The number of methoxy groups -OCH3 is 1. The number of carbonyl (C=O) groups is 2. The number of hydrogen-bond acceptors (Lipinski definition) is 3. The van der Waals surface area contributed by atoms with Crippen LogP contribution in [0.25, 0.3) is 0 Å². The van der Waals surface area contributed by atoms with Crippen LogP contribution in [-0.4, -0.2) is 25.5 Å². The molecule has 2 amide bonds. The topological polar surface area (TPSA) is 58.6 Å². The Balaban J connectivity index is 1.49. The molecule has 2 aromatic carbocycles. The van der Waals surface area contributed by atoms with Crippen LogP contribution in [0.4, 0.5) is 5.69 Å². The predicted molar refractivity (Wildman–Crippen MR) is 108 cm³/mol. The Morgan fingerprint density at radius 1 is 1.21 bits per heavy atom. The Labute approximate surface area is 165 Å². The SMILES string of the molecule is COc1ccc(C)cc1N1C[C@H](C(=O)N[C@H]2CCCc3ccccc32)CC1=O. The summed E-state index contributed by atoms with van der Waals surface area (Å²) in [4.78, 5) is 27.3. The van der Waals surface area contributed by atoms with Gasteiger partial charge in [-0.05, 0) is 55.0 Å². The molecule has 0 bridgehead atoms. The van der Waals surface area contributed by atoms with E-state index in [1.807, 2.05) is 37.3 Å². The minimum absolute atomic E-state index is 0.0342. The van der Waals surface area contributed by atoms with Crippen molar-refractivity contribution in [3.8, 4) is 5.75 Å². The summed E-state index contributed by atoms with van der Waals surface area (Å²) in [5.41, 5.74) is 4.32. The first-order chi connectivity index (χ1) is 13.6. The third-order valence-electron chi connectivity index (χ3n) is 5.81. The molecule has 1 aliphatic heterocycles. The van der Waals surface area contributed by atoms with Crippen molar-refractivity contribution < 1.29 is 14.3 Å². The average molecular weight is 378 g/mol. The van der Waals surface area contributed by atoms with Crippen LogP contribution in [0, 0.1) is 12.8 Å². The highest BCUT2D eigenvalue weighted by Crippen LogP contribution is 2.35. The summed E-state index contributed by atoms with van der Waals surface area (Å²) in [5, 5.41) is 3.20. The molecule has 0 spiro atoms. The predicted octanol–water partition coefficient (Wildman–Crippen LogP) is 3.55. The van der Waals surface area contributed by atoms with Crippen LogP contribution in [0.2, 0.25) is 0 Å². The summed E-state index contributed by atoms with van der Waals surface area (Å²) in [6.45, 7) is 2.37. The van der Waals surface area contributed by atoms with Crippen LogP contribution in [-0.2, 0) is 16.0 Å². The normalized spacial score (nSPS) is 21.4. The Bertz CT molecular complexity index is 908. The quantitative estimate of drug-likeness (QED) is 0.885. The first kappa shape index (κ1) is 18.5. The maximum Gasteiger partial charge on any atom is 0.227 e. The molecular weight excluding hydrogens is 352 g/mol. The zero-order valence-corrected chi connectivity index (χ0v) is 16.4. The molecule has 5 heteroatoms. The van der Waals surface area contributed by atoms with Gasteiger partial charge in [0.05, 0.1) is 24.8 Å². The van der Waals surface area contributed by atoms with Crippen molar-refractivity contribution in [1.82, 2.24) is 5.32 Å². The lowest BCUT2D eigenvalue weighted by Gasteiger charge is -2.27. The number of aryl methyl sites for hydroxylation is 2. The molecule has 5 nitrogen and oxygen atoms in total.